The smallest absolute Gasteiger partial charge is 0.306 e. The summed E-state index contributed by atoms with van der Waals surface area (Å²) in [6, 6.07) is 0. The third-order valence-corrected chi connectivity index (χ3v) is 9.94. The average Bonchev–Trinajstić information content (AvgIpc) is 3.27. The van der Waals surface area contributed by atoms with Gasteiger partial charge in [-0.1, -0.05) is 187 Å². The molecule has 0 aliphatic heterocycles. The molecule has 350 valence electrons. The summed E-state index contributed by atoms with van der Waals surface area (Å²) in [5, 5.41) is 0. The summed E-state index contributed by atoms with van der Waals surface area (Å²) >= 11 is 0. The minimum Gasteiger partial charge on any atom is -0.462 e. The number of allylic oxidation sites excluding steroid dienone is 20. The molecule has 0 bridgehead atoms. The van der Waals surface area contributed by atoms with Crippen LogP contribution in [0.25, 0.3) is 0 Å². The Balaban J connectivity index is 4.39. The van der Waals surface area contributed by atoms with Crippen molar-refractivity contribution in [3.63, 3.8) is 0 Å². The molecule has 0 spiro atoms. The van der Waals surface area contributed by atoms with Gasteiger partial charge in [0.15, 0.2) is 6.10 Å². The van der Waals surface area contributed by atoms with Gasteiger partial charge in [0.25, 0.3) is 0 Å². The van der Waals surface area contributed by atoms with Gasteiger partial charge in [0.2, 0.25) is 0 Å². The maximum absolute atomic E-state index is 12.8. The summed E-state index contributed by atoms with van der Waals surface area (Å²) in [6.07, 6.45) is 72.1. The van der Waals surface area contributed by atoms with E-state index >= 15 is 0 Å². The molecule has 5 nitrogen and oxygen atoms in total. The summed E-state index contributed by atoms with van der Waals surface area (Å²) in [6.45, 7) is 7.41. The molecule has 0 aliphatic carbocycles. The van der Waals surface area contributed by atoms with E-state index in [-0.39, 0.29) is 25.2 Å². The number of ether oxygens (including phenoxy) is 3. The van der Waals surface area contributed by atoms with Crippen LogP contribution in [0.2, 0.25) is 0 Å². The fourth-order valence-corrected chi connectivity index (χ4v) is 6.29. The lowest BCUT2D eigenvalue weighted by atomic mass is 10.1. The molecule has 0 N–H and O–H groups in total. The molecule has 0 radical (unpaired) electrons. The molecule has 0 heterocycles. The van der Waals surface area contributed by atoms with Crippen molar-refractivity contribution in [2.45, 2.75) is 207 Å². The zero-order valence-corrected chi connectivity index (χ0v) is 40.1. The first-order chi connectivity index (χ1) is 30.6. The zero-order valence-electron chi connectivity index (χ0n) is 40.1. The molecule has 0 rings (SSSR count). The second-order valence-electron chi connectivity index (χ2n) is 15.9. The fourth-order valence-electron chi connectivity index (χ4n) is 6.29. The molecule has 0 aromatic rings. The molecule has 1 unspecified atom stereocenters. The Bertz CT molecular complexity index is 1290. The summed E-state index contributed by atoms with van der Waals surface area (Å²) in [5.41, 5.74) is 0. The molecular formula is C57H92O5. The molecule has 0 aromatic heterocycles. The molecule has 0 amide bonds. The van der Waals surface area contributed by atoms with Crippen molar-refractivity contribution >= 4 is 11.9 Å². The minimum atomic E-state index is -0.577. The summed E-state index contributed by atoms with van der Waals surface area (Å²) < 4.78 is 17.3. The van der Waals surface area contributed by atoms with Crippen molar-refractivity contribution in [3.8, 4) is 0 Å². The number of carbonyl (C=O) groups excluding carboxylic acids is 2. The lowest BCUT2D eigenvalue weighted by molar-refractivity contribution is -0.163. The number of unbranched alkanes of at least 4 members (excludes halogenated alkanes) is 13. The van der Waals surface area contributed by atoms with Crippen LogP contribution in [0.5, 0.6) is 0 Å². The number of carbonyl (C=O) groups is 2. The molecule has 0 fully saturated rings. The Morgan fingerprint density at radius 1 is 0.371 bits per heavy atom. The molecule has 0 aliphatic rings. The van der Waals surface area contributed by atoms with Gasteiger partial charge >= 0.3 is 11.9 Å². The maximum Gasteiger partial charge on any atom is 0.306 e. The topological polar surface area (TPSA) is 61.8 Å². The standard InChI is InChI=1S/C57H92O5/c1-4-7-10-13-16-19-22-25-26-27-28-29-30-31-34-37-40-43-46-49-52-60-53-55(62-57(59)51-48-45-42-39-36-33-24-21-18-15-12-9-6-3)54-61-56(58)50-47-44-41-38-35-32-23-20-17-14-11-8-5-2/h7-8,10-12,15-17,19-21,24-26,28-29,31-32,34-35,55H,4-6,9,13-14,18,22-23,27,30,33,36-54H2,1-3H3/b10-7-,11-8-,15-12-,19-16-,20-17-,24-21-,26-25-,29-28-,34-31-,35-32-. The van der Waals surface area contributed by atoms with Crippen molar-refractivity contribution in [3.05, 3.63) is 122 Å². The van der Waals surface area contributed by atoms with Gasteiger partial charge in [0.1, 0.15) is 6.61 Å². The van der Waals surface area contributed by atoms with Crippen molar-refractivity contribution < 1.29 is 23.8 Å². The Morgan fingerprint density at radius 2 is 0.726 bits per heavy atom. The van der Waals surface area contributed by atoms with Gasteiger partial charge in [-0.3, -0.25) is 9.59 Å². The van der Waals surface area contributed by atoms with Crippen LogP contribution in [0.15, 0.2) is 122 Å². The van der Waals surface area contributed by atoms with Gasteiger partial charge in [0, 0.05) is 19.4 Å². The summed E-state index contributed by atoms with van der Waals surface area (Å²) in [4.78, 5) is 25.3. The first kappa shape index (κ1) is 58.3. The van der Waals surface area contributed by atoms with E-state index < -0.39 is 6.10 Å². The Hall–Kier alpha value is -3.70. The molecule has 0 saturated heterocycles. The lowest BCUT2D eigenvalue weighted by Gasteiger charge is -2.18. The van der Waals surface area contributed by atoms with Crippen molar-refractivity contribution in [2.24, 2.45) is 0 Å². The normalized spacial score (nSPS) is 13.3. The highest BCUT2D eigenvalue weighted by Crippen LogP contribution is 2.12. The van der Waals surface area contributed by atoms with Crippen LogP contribution in [-0.2, 0) is 23.8 Å². The predicted molar refractivity (Wildman–Crippen MR) is 269 cm³/mol. The van der Waals surface area contributed by atoms with E-state index in [9.17, 15) is 9.59 Å². The quantitative estimate of drug-likeness (QED) is 0.0347. The van der Waals surface area contributed by atoms with E-state index in [1.165, 1.54) is 25.7 Å². The maximum atomic E-state index is 12.8. The van der Waals surface area contributed by atoms with Gasteiger partial charge in [-0.05, 0) is 122 Å². The van der Waals surface area contributed by atoms with E-state index in [0.29, 0.717) is 19.4 Å². The molecule has 0 aromatic carbocycles. The van der Waals surface area contributed by atoms with Crippen LogP contribution in [0.4, 0.5) is 0 Å². The molecule has 62 heavy (non-hydrogen) atoms. The van der Waals surface area contributed by atoms with Crippen LogP contribution in [0.1, 0.15) is 201 Å². The predicted octanol–water partition coefficient (Wildman–Crippen LogP) is 17.0. The summed E-state index contributed by atoms with van der Waals surface area (Å²) in [5.74, 6) is -0.472. The highest BCUT2D eigenvalue weighted by molar-refractivity contribution is 5.70. The van der Waals surface area contributed by atoms with Crippen LogP contribution < -0.4 is 0 Å². The fraction of sp³-hybridized carbons (Fsp3) is 0.614. The van der Waals surface area contributed by atoms with Gasteiger partial charge in [0.05, 0.1) is 6.61 Å². The number of hydrogen-bond acceptors (Lipinski definition) is 5. The largest absolute Gasteiger partial charge is 0.462 e. The van der Waals surface area contributed by atoms with Crippen molar-refractivity contribution in [2.75, 3.05) is 19.8 Å². The second-order valence-corrected chi connectivity index (χ2v) is 15.9. The number of rotatable bonds is 44. The van der Waals surface area contributed by atoms with E-state index in [1.807, 2.05) is 0 Å². The first-order valence-electron chi connectivity index (χ1n) is 25.1. The van der Waals surface area contributed by atoms with E-state index in [2.05, 4.69) is 142 Å². The van der Waals surface area contributed by atoms with E-state index in [4.69, 9.17) is 14.2 Å². The molecular weight excluding hydrogens is 765 g/mol. The first-order valence-corrected chi connectivity index (χ1v) is 25.1. The molecule has 1 atom stereocenters. The molecule has 0 saturated carbocycles. The monoisotopic (exact) mass is 857 g/mol. The van der Waals surface area contributed by atoms with Crippen LogP contribution in [0.3, 0.4) is 0 Å². The highest BCUT2D eigenvalue weighted by atomic mass is 16.6. The number of hydrogen-bond donors (Lipinski definition) is 0. The Kier molecular flexibility index (Phi) is 48.6. The third kappa shape index (κ3) is 49.0. The van der Waals surface area contributed by atoms with Crippen molar-refractivity contribution in [1.29, 1.82) is 0 Å². The van der Waals surface area contributed by atoms with Crippen LogP contribution in [0, 0.1) is 0 Å². The van der Waals surface area contributed by atoms with E-state index in [0.717, 1.165) is 141 Å². The SMILES string of the molecule is CC/C=C\C/C=C\C/C=C\C/C=C\C/C=C\CCCCCCOCC(COC(=O)CCCCC/C=C\C/C=C\C/C=C\CC)OC(=O)CCCCCCC/C=C\C/C=C\CCC. The minimum absolute atomic E-state index is 0.0459. The van der Waals surface area contributed by atoms with Gasteiger partial charge in [-0.25, -0.2) is 0 Å². The van der Waals surface area contributed by atoms with Crippen LogP contribution >= 0.6 is 0 Å². The Morgan fingerprint density at radius 3 is 1.18 bits per heavy atom. The third-order valence-electron chi connectivity index (χ3n) is 9.94. The second kappa shape index (κ2) is 51.6. The van der Waals surface area contributed by atoms with Crippen molar-refractivity contribution in [1.82, 2.24) is 0 Å². The van der Waals surface area contributed by atoms with E-state index in [1.54, 1.807) is 0 Å². The summed E-state index contributed by atoms with van der Waals surface area (Å²) in [7, 11) is 0. The highest BCUT2D eigenvalue weighted by Gasteiger charge is 2.17. The lowest BCUT2D eigenvalue weighted by Crippen LogP contribution is -2.30. The molecule has 5 heteroatoms. The van der Waals surface area contributed by atoms with Gasteiger partial charge in [-0.15, -0.1) is 0 Å². The Labute approximate surface area is 382 Å². The number of esters is 2. The van der Waals surface area contributed by atoms with Crippen LogP contribution in [-0.4, -0.2) is 37.9 Å². The van der Waals surface area contributed by atoms with Gasteiger partial charge < -0.3 is 14.2 Å². The average molecular weight is 857 g/mol. The van der Waals surface area contributed by atoms with Gasteiger partial charge in [-0.2, -0.15) is 0 Å². The zero-order chi connectivity index (χ0) is 44.9.